The number of benzene rings is 2. The molecule has 0 fully saturated rings. The summed E-state index contributed by atoms with van der Waals surface area (Å²) in [5.41, 5.74) is 1.16. The summed E-state index contributed by atoms with van der Waals surface area (Å²) in [6, 6.07) is 13.1. The van der Waals surface area contributed by atoms with Gasteiger partial charge in [-0.2, -0.15) is 0 Å². The van der Waals surface area contributed by atoms with E-state index in [1.807, 2.05) is 6.07 Å². The first kappa shape index (κ1) is 17.3. The second-order valence-corrected chi connectivity index (χ2v) is 6.89. The zero-order chi connectivity index (χ0) is 16.9. The molecular weight excluding hydrogens is 338 g/mol. The van der Waals surface area contributed by atoms with E-state index < -0.39 is 16.0 Å². The average Bonchev–Trinajstić information content (AvgIpc) is 2.47. The molecule has 0 radical (unpaired) electrons. The number of halogens is 1. The van der Waals surface area contributed by atoms with Gasteiger partial charge in [0, 0.05) is 0 Å². The molecule has 2 aromatic rings. The van der Waals surface area contributed by atoms with Gasteiger partial charge < -0.3 is 4.74 Å². The van der Waals surface area contributed by atoms with Gasteiger partial charge in [-0.15, -0.1) is 0 Å². The molecule has 1 N–H and O–H groups in total. The predicted octanol–water partition coefficient (Wildman–Crippen LogP) is 3.46. The molecule has 7 heteroatoms. The Kier molecular flexibility index (Phi) is 5.63. The van der Waals surface area contributed by atoms with Gasteiger partial charge in [-0.05, 0) is 30.7 Å². The highest BCUT2D eigenvalue weighted by Crippen LogP contribution is 2.23. The van der Waals surface area contributed by atoms with Crippen LogP contribution in [0.15, 0.2) is 48.5 Å². The Morgan fingerprint density at radius 3 is 2.48 bits per heavy atom. The summed E-state index contributed by atoms with van der Waals surface area (Å²) >= 11 is 6.01. The van der Waals surface area contributed by atoms with E-state index in [1.54, 1.807) is 31.2 Å². The Bertz CT molecular complexity index is 791. The van der Waals surface area contributed by atoms with Gasteiger partial charge in [-0.3, -0.25) is 4.72 Å². The Balaban J connectivity index is 2.14. The SMILES string of the molecule is CCOC(=O)c1ccc(NS(=O)(=O)Cc2ccccc2)cc1Cl. The highest BCUT2D eigenvalue weighted by Gasteiger charge is 2.15. The third-order valence-corrected chi connectivity index (χ3v) is 4.51. The van der Waals surface area contributed by atoms with Gasteiger partial charge in [-0.25, -0.2) is 13.2 Å². The second kappa shape index (κ2) is 7.48. The quantitative estimate of drug-likeness (QED) is 0.807. The molecule has 0 saturated heterocycles. The van der Waals surface area contributed by atoms with Gasteiger partial charge in [0.15, 0.2) is 0 Å². The summed E-state index contributed by atoms with van der Waals surface area (Å²) in [7, 11) is -3.57. The molecule has 2 rings (SSSR count). The largest absolute Gasteiger partial charge is 0.462 e. The standard InChI is InChI=1S/C16H16ClNO4S/c1-2-22-16(19)14-9-8-13(10-15(14)17)18-23(20,21)11-12-6-4-3-5-7-12/h3-10,18H,2,11H2,1H3. The summed E-state index contributed by atoms with van der Waals surface area (Å²) in [4.78, 5) is 11.7. The zero-order valence-corrected chi connectivity index (χ0v) is 14.0. The van der Waals surface area contributed by atoms with Gasteiger partial charge >= 0.3 is 5.97 Å². The van der Waals surface area contributed by atoms with E-state index in [1.165, 1.54) is 18.2 Å². The summed E-state index contributed by atoms with van der Waals surface area (Å²) < 4.78 is 31.6. The van der Waals surface area contributed by atoms with Crippen molar-refractivity contribution in [2.24, 2.45) is 0 Å². The van der Waals surface area contributed by atoms with E-state index in [4.69, 9.17) is 16.3 Å². The molecule has 0 saturated carbocycles. The molecule has 2 aromatic carbocycles. The van der Waals surface area contributed by atoms with Crippen LogP contribution in [0.4, 0.5) is 5.69 Å². The molecule has 122 valence electrons. The van der Waals surface area contributed by atoms with Crippen LogP contribution in [0.5, 0.6) is 0 Å². The minimum Gasteiger partial charge on any atom is -0.462 e. The number of esters is 1. The highest BCUT2D eigenvalue weighted by atomic mass is 35.5. The fourth-order valence-corrected chi connectivity index (χ4v) is 3.41. The molecule has 0 aliphatic heterocycles. The molecule has 0 aliphatic carbocycles. The zero-order valence-electron chi connectivity index (χ0n) is 12.5. The van der Waals surface area contributed by atoms with Crippen LogP contribution in [0.1, 0.15) is 22.8 Å². The number of ether oxygens (including phenoxy) is 1. The summed E-state index contributed by atoms with van der Waals surface area (Å²) in [5, 5.41) is 0.128. The maximum atomic E-state index is 12.2. The van der Waals surface area contributed by atoms with Crippen LogP contribution in [-0.2, 0) is 20.5 Å². The molecule has 0 amide bonds. The number of anilines is 1. The smallest absolute Gasteiger partial charge is 0.339 e. The monoisotopic (exact) mass is 353 g/mol. The van der Waals surface area contributed by atoms with E-state index in [-0.39, 0.29) is 22.9 Å². The number of nitrogens with one attached hydrogen (secondary N) is 1. The Morgan fingerprint density at radius 2 is 1.87 bits per heavy atom. The summed E-state index contributed by atoms with van der Waals surface area (Å²) in [6.07, 6.45) is 0. The lowest BCUT2D eigenvalue weighted by molar-refractivity contribution is 0.0526. The number of sulfonamides is 1. The van der Waals surface area contributed by atoms with E-state index in [0.29, 0.717) is 11.3 Å². The Morgan fingerprint density at radius 1 is 1.17 bits per heavy atom. The Labute approximate surface area is 140 Å². The normalized spacial score (nSPS) is 11.0. The van der Waals surface area contributed by atoms with Crippen LogP contribution >= 0.6 is 11.6 Å². The summed E-state index contributed by atoms with van der Waals surface area (Å²) in [6.45, 7) is 1.93. The summed E-state index contributed by atoms with van der Waals surface area (Å²) in [5.74, 6) is -0.693. The van der Waals surface area contributed by atoms with Crippen molar-refractivity contribution in [2.75, 3.05) is 11.3 Å². The molecule has 0 heterocycles. The molecule has 0 bridgehead atoms. The van der Waals surface area contributed by atoms with Gasteiger partial charge in [0.1, 0.15) is 0 Å². The molecule has 0 unspecified atom stereocenters. The van der Waals surface area contributed by atoms with Crippen molar-refractivity contribution in [2.45, 2.75) is 12.7 Å². The van der Waals surface area contributed by atoms with Crippen molar-refractivity contribution in [1.82, 2.24) is 0 Å². The third kappa shape index (κ3) is 4.97. The minimum atomic E-state index is -3.57. The van der Waals surface area contributed by atoms with Crippen molar-refractivity contribution in [3.05, 3.63) is 64.7 Å². The maximum absolute atomic E-state index is 12.2. The fourth-order valence-electron chi connectivity index (χ4n) is 1.96. The Hall–Kier alpha value is -2.05. The third-order valence-electron chi connectivity index (χ3n) is 2.94. The van der Waals surface area contributed by atoms with E-state index in [9.17, 15) is 13.2 Å². The van der Waals surface area contributed by atoms with E-state index in [2.05, 4.69) is 4.72 Å². The van der Waals surface area contributed by atoms with Gasteiger partial charge in [-0.1, -0.05) is 41.9 Å². The van der Waals surface area contributed by atoms with Crippen molar-refractivity contribution < 1.29 is 17.9 Å². The van der Waals surface area contributed by atoms with Crippen molar-refractivity contribution in [1.29, 1.82) is 0 Å². The van der Waals surface area contributed by atoms with Crippen molar-refractivity contribution in [3.8, 4) is 0 Å². The van der Waals surface area contributed by atoms with Crippen LogP contribution in [0.2, 0.25) is 5.02 Å². The van der Waals surface area contributed by atoms with Gasteiger partial charge in [0.2, 0.25) is 10.0 Å². The van der Waals surface area contributed by atoms with Crippen molar-refractivity contribution >= 4 is 33.3 Å². The first-order valence-corrected chi connectivity index (χ1v) is 8.95. The maximum Gasteiger partial charge on any atom is 0.339 e. The molecule has 23 heavy (non-hydrogen) atoms. The van der Waals surface area contributed by atoms with E-state index >= 15 is 0 Å². The predicted molar refractivity (Wildman–Crippen MR) is 90.1 cm³/mol. The lowest BCUT2D eigenvalue weighted by Gasteiger charge is -2.10. The lowest BCUT2D eigenvalue weighted by atomic mass is 10.2. The number of rotatable bonds is 6. The molecule has 0 aliphatic rings. The molecule has 0 aromatic heterocycles. The fraction of sp³-hybridized carbons (Fsp3) is 0.188. The van der Waals surface area contributed by atoms with E-state index in [0.717, 1.165) is 0 Å². The van der Waals surface area contributed by atoms with Crippen LogP contribution in [0.3, 0.4) is 0 Å². The topological polar surface area (TPSA) is 72.5 Å². The molecule has 0 atom stereocenters. The van der Waals surface area contributed by atoms with Gasteiger partial charge in [0.05, 0.1) is 28.6 Å². The first-order chi connectivity index (χ1) is 10.9. The first-order valence-electron chi connectivity index (χ1n) is 6.92. The number of carbonyl (C=O) groups excluding carboxylic acids is 1. The van der Waals surface area contributed by atoms with Crippen LogP contribution in [0.25, 0.3) is 0 Å². The van der Waals surface area contributed by atoms with Crippen LogP contribution in [0, 0.1) is 0 Å². The molecular formula is C16H16ClNO4S. The second-order valence-electron chi connectivity index (χ2n) is 4.76. The lowest BCUT2D eigenvalue weighted by Crippen LogP contribution is -2.15. The number of hydrogen-bond donors (Lipinski definition) is 1. The average molecular weight is 354 g/mol. The number of hydrogen-bond acceptors (Lipinski definition) is 4. The van der Waals surface area contributed by atoms with Crippen LogP contribution in [-0.4, -0.2) is 21.0 Å². The number of carbonyl (C=O) groups is 1. The molecule has 5 nitrogen and oxygen atoms in total. The van der Waals surface area contributed by atoms with Gasteiger partial charge in [0.25, 0.3) is 0 Å². The van der Waals surface area contributed by atoms with Crippen LogP contribution < -0.4 is 4.72 Å². The minimum absolute atomic E-state index is 0.128. The molecule has 0 spiro atoms. The van der Waals surface area contributed by atoms with Crippen molar-refractivity contribution in [3.63, 3.8) is 0 Å². The highest BCUT2D eigenvalue weighted by molar-refractivity contribution is 7.91.